The van der Waals surface area contributed by atoms with Gasteiger partial charge in [0, 0.05) is 4.88 Å². The van der Waals surface area contributed by atoms with Crippen molar-refractivity contribution in [3.63, 3.8) is 0 Å². The van der Waals surface area contributed by atoms with Crippen LogP contribution in [0.4, 0.5) is 5.00 Å². The van der Waals surface area contributed by atoms with E-state index < -0.39 is 0 Å². The average molecular weight is 418 g/mol. The van der Waals surface area contributed by atoms with Gasteiger partial charge in [0.15, 0.2) is 18.1 Å². The Bertz CT molecular complexity index is 876. The van der Waals surface area contributed by atoms with Gasteiger partial charge in [0.2, 0.25) is 0 Å². The molecule has 0 spiro atoms. The van der Waals surface area contributed by atoms with Crippen molar-refractivity contribution in [2.45, 2.75) is 40.0 Å². The van der Waals surface area contributed by atoms with Crippen LogP contribution in [0.5, 0.6) is 11.5 Å². The standard InChI is InChI=1S/C22H27NO5S/c1-4-26-16-8-6-7-9-17(16)28-13-19(24)23-21-20(22(25)27-5-2)15-11-10-14(3)12-18(15)29-21/h6-9,14H,4-5,10-13H2,1-3H3,(H,23,24). The number of thiophene rings is 1. The van der Waals surface area contributed by atoms with Crippen molar-refractivity contribution in [1.82, 2.24) is 0 Å². The molecule has 3 rings (SSSR count). The van der Waals surface area contributed by atoms with Crippen molar-refractivity contribution in [3.8, 4) is 11.5 Å². The first-order valence-electron chi connectivity index (χ1n) is 9.99. The molecule has 1 unspecified atom stereocenters. The Kier molecular flexibility index (Phi) is 7.14. The first-order valence-corrected chi connectivity index (χ1v) is 10.8. The highest BCUT2D eigenvalue weighted by atomic mass is 32.1. The maximum absolute atomic E-state index is 12.5. The predicted octanol–water partition coefficient (Wildman–Crippen LogP) is 4.47. The minimum absolute atomic E-state index is 0.175. The van der Waals surface area contributed by atoms with Crippen LogP contribution < -0.4 is 14.8 Å². The van der Waals surface area contributed by atoms with Gasteiger partial charge in [-0.2, -0.15) is 0 Å². The fourth-order valence-corrected chi connectivity index (χ4v) is 4.82. The largest absolute Gasteiger partial charge is 0.490 e. The van der Waals surface area contributed by atoms with Gasteiger partial charge in [-0.1, -0.05) is 19.1 Å². The van der Waals surface area contributed by atoms with E-state index in [9.17, 15) is 9.59 Å². The minimum atomic E-state index is -0.377. The van der Waals surface area contributed by atoms with Gasteiger partial charge in [-0.15, -0.1) is 11.3 Å². The van der Waals surface area contributed by atoms with Crippen LogP contribution in [0.3, 0.4) is 0 Å². The Hall–Kier alpha value is -2.54. The van der Waals surface area contributed by atoms with Crippen LogP contribution in [0, 0.1) is 5.92 Å². The summed E-state index contributed by atoms with van der Waals surface area (Å²) in [5, 5.41) is 3.41. The second-order valence-electron chi connectivity index (χ2n) is 6.99. The van der Waals surface area contributed by atoms with E-state index >= 15 is 0 Å². The van der Waals surface area contributed by atoms with Gasteiger partial charge in [-0.3, -0.25) is 4.79 Å². The van der Waals surface area contributed by atoms with E-state index in [1.165, 1.54) is 11.3 Å². The average Bonchev–Trinajstić information content (AvgIpc) is 3.04. The lowest BCUT2D eigenvalue weighted by molar-refractivity contribution is -0.118. The molecule has 1 aliphatic carbocycles. The maximum Gasteiger partial charge on any atom is 0.341 e. The molecule has 1 amide bonds. The summed E-state index contributed by atoms with van der Waals surface area (Å²) in [6, 6.07) is 7.22. The molecular formula is C22H27NO5S. The summed E-state index contributed by atoms with van der Waals surface area (Å²) in [6.45, 7) is 6.50. The molecule has 0 saturated carbocycles. The van der Waals surface area contributed by atoms with E-state index in [0.717, 1.165) is 29.7 Å². The van der Waals surface area contributed by atoms with Crippen molar-refractivity contribution >= 4 is 28.2 Å². The lowest BCUT2D eigenvalue weighted by Crippen LogP contribution is -2.21. The van der Waals surface area contributed by atoms with E-state index in [4.69, 9.17) is 14.2 Å². The lowest BCUT2D eigenvalue weighted by Gasteiger charge is -2.18. The second-order valence-corrected chi connectivity index (χ2v) is 8.10. The number of carbonyl (C=O) groups excluding carboxylic acids is 2. The highest BCUT2D eigenvalue weighted by Gasteiger charge is 2.29. The Morgan fingerprint density at radius 2 is 1.86 bits per heavy atom. The zero-order valence-electron chi connectivity index (χ0n) is 17.1. The monoisotopic (exact) mass is 417 g/mol. The number of nitrogens with one attached hydrogen (secondary N) is 1. The summed E-state index contributed by atoms with van der Waals surface area (Å²) in [7, 11) is 0. The van der Waals surface area contributed by atoms with E-state index in [1.54, 1.807) is 19.1 Å². The smallest absolute Gasteiger partial charge is 0.341 e. The van der Waals surface area contributed by atoms with Gasteiger partial charge >= 0.3 is 5.97 Å². The molecule has 0 aliphatic heterocycles. The summed E-state index contributed by atoms with van der Waals surface area (Å²) in [6.07, 6.45) is 2.77. The quantitative estimate of drug-likeness (QED) is 0.642. The highest BCUT2D eigenvalue weighted by Crippen LogP contribution is 2.40. The summed E-state index contributed by atoms with van der Waals surface area (Å²) in [4.78, 5) is 26.2. The summed E-state index contributed by atoms with van der Waals surface area (Å²) in [5.74, 6) is 0.967. The number of rotatable bonds is 8. The number of anilines is 1. The molecule has 0 fully saturated rings. The first kappa shape index (κ1) is 21.2. The molecule has 1 aliphatic rings. The molecule has 29 heavy (non-hydrogen) atoms. The van der Waals surface area contributed by atoms with Crippen LogP contribution in [0.15, 0.2) is 24.3 Å². The third-order valence-electron chi connectivity index (χ3n) is 4.75. The number of esters is 1. The molecule has 0 saturated heterocycles. The fraction of sp³-hybridized carbons (Fsp3) is 0.455. The lowest BCUT2D eigenvalue weighted by atomic mass is 9.88. The first-order chi connectivity index (χ1) is 14.0. The Labute approximate surface area is 175 Å². The molecule has 156 valence electrons. The minimum Gasteiger partial charge on any atom is -0.490 e. The number of para-hydroxylation sites is 2. The zero-order chi connectivity index (χ0) is 20.8. The number of fused-ring (bicyclic) bond motifs is 1. The number of amides is 1. The molecule has 1 N–H and O–H groups in total. The van der Waals surface area contributed by atoms with Crippen molar-refractivity contribution in [3.05, 3.63) is 40.3 Å². The topological polar surface area (TPSA) is 73.9 Å². The predicted molar refractivity (Wildman–Crippen MR) is 113 cm³/mol. The van der Waals surface area contributed by atoms with Crippen molar-refractivity contribution in [1.29, 1.82) is 0 Å². The second kappa shape index (κ2) is 9.78. The number of ether oxygens (including phenoxy) is 3. The Morgan fingerprint density at radius 1 is 1.14 bits per heavy atom. The number of hydrogen-bond donors (Lipinski definition) is 1. The van der Waals surface area contributed by atoms with Crippen LogP contribution in [0.2, 0.25) is 0 Å². The van der Waals surface area contributed by atoms with Gasteiger partial charge < -0.3 is 19.5 Å². The molecule has 1 aromatic carbocycles. The SMILES string of the molecule is CCOC(=O)c1c(NC(=O)COc2ccccc2OCC)sc2c1CCC(C)C2. The van der Waals surface area contributed by atoms with E-state index in [0.29, 0.717) is 41.2 Å². The summed E-state index contributed by atoms with van der Waals surface area (Å²) < 4.78 is 16.4. The molecule has 2 aromatic rings. The van der Waals surface area contributed by atoms with Crippen LogP contribution in [-0.4, -0.2) is 31.7 Å². The van der Waals surface area contributed by atoms with Gasteiger partial charge in [0.25, 0.3) is 5.91 Å². The summed E-state index contributed by atoms with van der Waals surface area (Å²) >= 11 is 1.47. The molecule has 0 bridgehead atoms. The van der Waals surface area contributed by atoms with Crippen molar-refractivity contribution in [2.24, 2.45) is 5.92 Å². The normalized spacial score (nSPS) is 15.3. The molecule has 6 nitrogen and oxygen atoms in total. The van der Waals surface area contributed by atoms with Crippen LogP contribution in [0.25, 0.3) is 0 Å². The van der Waals surface area contributed by atoms with Gasteiger partial charge in [0.1, 0.15) is 5.00 Å². The van der Waals surface area contributed by atoms with E-state index in [-0.39, 0.29) is 18.5 Å². The van der Waals surface area contributed by atoms with Gasteiger partial charge in [-0.05, 0) is 56.7 Å². The molecule has 1 atom stereocenters. The molecule has 1 heterocycles. The fourth-order valence-electron chi connectivity index (χ4n) is 3.41. The van der Waals surface area contributed by atoms with Crippen LogP contribution >= 0.6 is 11.3 Å². The third-order valence-corrected chi connectivity index (χ3v) is 5.92. The van der Waals surface area contributed by atoms with Crippen molar-refractivity contribution < 1.29 is 23.8 Å². The van der Waals surface area contributed by atoms with E-state index in [2.05, 4.69) is 12.2 Å². The summed E-state index contributed by atoms with van der Waals surface area (Å²) in [5.41, 5.74) is 1.52. The molecule has 0 radical (unpaired) electrons. The van der Waals surface area contributed by atoms with Gasteiger partial charge in [0.05, 0.1) is 18.8 Å². The zero-order valence-corrected chi connectivity index (χ0v) is 17.9. The molecule has 7 heteroatoms. The van der Waals surface area contributed by atoms with Crippen LogP contribution in [-0.2, 0) is 22.4 Å². The molecule has 1 aromatic heterocycles. The number of carbonyl (C=O) groups is 2. The Balaban J connectivity index is 1.74. The number of hydrogen-bond acceptors (Lipinski definition) is 6. The van der Waals surface area contributed by atoms with Gasteiger partial charge in [-0.25, -0.2) is 4.79 Å². The van der Waals surface area contributed by atoms with Crippen LogP contribution in [0.1, 0.15) is 48.0 Å². The van der Waals surface area contributed by atoms with E-state index in [1.807, 2.05) is 19.1 Å². The van der Waals surface area contributed by atoms with Crippen molar-refractivity contribution in [2.75, 3.05) is 25.1 Å². The number of benzene rings is 1. The Morgan fingerprint density at radius 3 is 2.55 bits per heavy atom. The highest BCUT2D eigenvalue weighted by molar-refractivity contribution is 7.17. The molecular weight excluding hydrogens is 390 g/mol. The third kappa shape index (κ3) is 5.09. The maximum atomic E-state index is 12.5.